The normalized spacial score (nSPS) is 25.1. The van der Waals surface area contributed by atoms with Crippen molar-refractivity contribution >= 4 is 21.8 Å². The van der Waals surface area contributed by atoms with Gasteiger partial charge in [0.2, 0.25) is 0 Å². The van der Waals surface area contributed by atoms with Crippen LogP contribution in [0.25, 0.3) is 0 Å². The van der Waals surface area contributed by atoms with Crippen LogP contribution in [-0.2, 0) is 7.05 Å². The molecule has 1 saturated heterocycles. The number of hydrogen-bond acceptors (Lipinski definition) is 2. The molecule has 2 unspecified atom stereocenters. The molecule has 1 aromatic rings. The molecular formula is C12H18BrN3O. The largest absolute Gasteiger partial charge is 0.337 e. The molecule has 4 nitrogen and oxygen atoms in total. The van der Waals surface area contributed by atoms with E-state index in [0.717, 1.165) is 25.2 Å². The standard InChI is InChI=1S/C12H18BrN3O/c1-8-7-16(5-4-10(8)13)12(17)11-6-9(2)14-15(11)3/h6,8,10H,4-5,7H2,1-3H3. The summed E-state index contributed by atoms with van der Waals surface area (Å²) in [7, 11) is 1.82. The minimum absolute atomic E-state index is 0.0966. The van der Waals surface area contributed by atoms with Crippen molar-refractivity contribution in [3.63, 3.8) is 0 Å². The van der Waals surface area contributed by atoms with Crippen LogP contribution in [0, 0.1) is 12.8 Å². The molecule has 0 N–H and O–H groups in total. The maximum atomic E-state index is 12.3. The van der Waals surface area contributed by atoms with E-state index in [9.17, 15) is 4.79 Å². The molecule has 2 atom stereocenters. The zero-order chi connectivity index (χ0) is 12.6. The number of hydrogen-bond donors (Lipinski definition) is 0. The molecule has 5 heteroatoms. The number of carbonyl (C=O) groups excluding carboxylic acids is 1. The second kappa shape index (κ2) is 4.80. The Morgan fingerprint density at radius 2 is 2.29 bits per heavy atom. The van der Waals surface area contributed by atoms with E-state index in [1.807, 2.05) is 24.9 Å². The molecule has 0 saturated carbocycles. The summed E-state index contributed by atoms with van der Waals surface area (Å²) in [6.07, 6.45) is 1.02. The highest BCUT2D eigenvalue weighted by atomic mass is 79.9. The molecule has 1 amide bonds. The third kappa shape index (κ3) is 2.54. The monoisotopic (exact) mass is 299 g/mol. The van der Waals surface area contributed by atoms with E-state index in [2.05, 4.69) is 28.0 Å². The van der Waals surface area contributed by atoms with Gasteiger partial charge >= 0.3 is 0 Å². The minimum atomic E-state index is 0.0966. The predicted molar refractivity (Wildman–Crippen MR) is 70.3 cm³/mol. The van der Waals surface area contributed by atoms with Crippen molar-refractivity contribution in [3.05, 3.63) is 17.5 Å². The van der Waals surface area contributed by atoms with Crippen molar-refractivity contribution in [2.24, 2.45) is 13.0 Å². The minimum Gasteiger partial charge on any atom is -0.337 e. The zero-order valence-electron chi connectivity index (χ0n) is 10.5. The van der Waals surface area contributed by atoms with Crippen molar-refractivity contribution in [2.75, 3.05) is 13.1 Å². The summed E-state index contributed by atoms with van der Waals surface area (Å²) in [5, 5.41) is 4.22. The van der Waals surface area contributed by atoms with Gasteiger partial charge in [0.05, 0.1) is 5.69 Å². The lowest BCUT2D eigenvalue weighted by molar-refractivity contribution is 0.0679. The Morgan fingerprint density at radius 1 is 1.59 bits per heavy atom. The first kappa shape index (κ1) is 12.6. The number of aryl methyl sites for hydroxylation is 2. The molecule has 0 spiro atoms. The summed E-state index contributed by atoms with van der Waals surface area (Å²) in [5.41, 5.74) is 1.57. The van der Waals surface area contributed by atoms with Crippen molar-refractivity contribution in [3.8, 4) is 0 Å². The average Bonchev–Trinajstić information content (AvgIpc) is 2.61. The Labute approximate surface area is 110 Å². The summed E-state index contributed by atoms with van der Waals surface area (Å²) in [5.74, 6) is 0.598. The fourth-order valence-corrected chi connectivity index (χ4v) is 2.65. The Kier molecular flexibility index (Phi) is 3.56. The van der Waals surface area contributed by atoms with Gasteiger partial charge in [-0.15, -0.1) is 0 Å². The van der Waals surface area contributed by atoms with E-state index in [0.29, 0.717) is 16.4 Å². The first-order chi connectivity index (χ1) is 7.99. The fraction of sp³-hybridized carbons (Fsp3) is 0.667. The Bertz CT molecular complexity index is 429. The maximum absolute atomic E-state index is 12.3. The fourth-order valence-electron chi connectivity index (χ4n) is 2.27. The number of amides is 1. The smallest absolute Gasteiger partial charge is 0.272 e. The predicted octanol–water partition coefficient (Wildman–Crippen LogP) is 1.97. The van der Waals surface area contributed by atoms with Crippen LogP contribution in [0.2, 0.25) is 0 Å². The first-order valence-corrected chi connectivity index (χ1v) is 6.84. The van der Waals surface area contributed by atoms with Crippen LogP contribution < -0.4 is 0 Å². The second-order valence-electron chi connectivity index (χ2n) is 4.83. The van der Waals surface area contributed by atoms with Gasteiger partial charge in [-0.2, -0.15) is 5.10 Å². The number of rotatable bonds is 1. The van der Waals surface area contributed by atoms with Gasteiger partial charge in [0.25, 0.3) is 5.91 Å². The van der Waals surface area contributed by atoms with Gasteiger partial charge in [0, 0.05) is 25.0 Å². The summed E-state index contributed by atoms with van der Waals surface area (Å²) >= 11 is 3.65. The summed E-state index contributed by atoms with van der Waals surface area (Å²) in [6.45, 7) is 5.72. The lowest BCUT2D eigenvalue weighted by Crippen LogP contribution is -2.43. The highest BCUT2D eigenvalue weighted by Gasteiger charge is 2.28. The number of alkyl halides is 1. The number of nitrogens with zero attached hydrogens (tertiary/aromatic N) is 3. The van der Waals surface area contributed by atoms with Gasteiger partial charge in [-0.3, -0.25) is 9.48 Å². The summed E-state index contributed by atoms with van der Waals surface area (Å²) in [4.78, 5) is 14.8. The topological polar surface area (TPSA) is 38.1 Å². The highest BCUT2D eigenvalue weighted by Crippen LogP contribution is 2.24. The molecule has 1 aliphatic rings. The molecule has 0 bridgehead atoms. The molecule has 2 rings (SSSR count). The summed E-state index contributed by atoms with van der Waals surface area (Å²) < 4.78 is 1.67. The molecule has 94 valence electrons. The third-order valence-corrected chi connectivity index (χ3v) is 4.67. The zero-order valence-corrected chi connectivity index (χ0v) is 12.1. The van der Waals surface area contributed by atoms with E-state index in [1.54, 1.807) is 4.68 Å². The number of carbonyl (C=O) groups is 1. The van der Waals surface area contributed by atoms with Crippen LogP contribution in [0.3, 0.4) is 0 Å². The Hall–Kier alpha value is -0.840. The van der Waals surface area contributed by atoms with Gasteiger partial charge in [-0.1, -0.05) is 22.9 Å². The van der Waals surface area contributed by atoms with Gasteiger partial charge in [-0.05, 0) is 25.3 Å². The van der Waals surface area contributed by atoms with Gasteiger partial charge < -0.3 is 4.90 Å². The maximum Gasteiger partial charge on any atom is 0.272 e. The van der Waals surface area contributed by atoms with E-state index in [4.69, 9.17) is 0 Å². The molecule has 0 aliphatic carbocycles. The van der Waals surface area contributed by atoms with Crippen molar-refractivity contribution in [2.45, 2.75) is 25.1 Å². The molecule has 17 heavy (non-hydrogen) atoms. The van der Waals surface area contributed by atoms with E-state index >= 15 is 0 Å². The Morgan fingerprint density at radius 3 is 2.82 bits per heavy atom. The summed E-state index contributed by atoms with van der Waals surface area (Å²) in [6, 6.07) is 1.85. The van der Waals surface area contributed by atoms with Crippen LogP contribution in [0.5, 0.6) is 0 Å². The third-order valence-electron chi connectivity index (χ3n) is 3.31. The Balaban J connectivity index is 2.13. The number of likely N-dealkylation sites (tertiary alicyclic amines) is 1. The second-order valence-corrected chi connectivity index (χ2v) is 6.00. The molecular weight excluding hydrogens is 282 g/mol. The SMILES string of the molecule is Cc1cc(C(=O)N2CCC(Br)C(C)C2)n(C)n1. The van der Waals surface area contributed by atoms with Crippen LogP contribution in [0.1, 0.15) is 29.5 Å². The van der Waals surface area contributed by atoms with Crippen LogP contribution in [0.15, 0.2) is 6.07 Å². The number of piperidine rings is 1. The quantitative estimate of drug-likeness (QED) is 0.744. The average molecular weight is 300 g/mol. The van der Waals surface area contributed by atoms with E-state index < -0.39 is 0 Å². The van der Waals surface area contributed by atoms with Crippen LogP contribution in [-0.4, -0.2) is 38.5 Å². The van der Waals surface area contributed by atoms with Crippen LogP contribution in [0.4, 0.5) is 0 Å². The molecule has 0 radical (unpaired) electrons. The van der Waals surface area contributed by atoms with Gasteiger partial charge in [0.1, 0.15) is 5.69 Å². The van der Waals surface area contributed by atoms with Gasteiger partial charge in [-0.25, -0.2) is 0 Å². The molecule has 1 fully saturated rings. The van der Waals surface area contributed by atoms with Crippen molar-refractivity contribution in [1.82, 2.24) is 14.7 Å². The molecule has 1 aromatic heterocycles. The first-order valence-electron chi connectivity index (χ1n) is 5.93. The van der Waals surface area contributed by atoms with Crippen molar-refractivity contribution < 1.29 is 4.79 Å². The van der Waals surface area contributed by atoms with E-state index in [1.165, 1.54) is 0 Å². The molecule has 1 aliphatic heterocycles. The number of aromatic nitrogens is 2. The van der Waals surface area contributed by atoms with E-state index in [-0.39, 0.29) is 5.91 Å². The lowest BCUT2D eigenvalue weighted by atomic mass is 10.00. The number of halogens is 1. The van der Waals surface area contributed by atoms with Crippen molar-refractivity contribution in [1.29, 1.82) is 0 Å². The van der Waals surface area contributed by atoms with Crippen LogP contribution >= 0.6 is 15.9 Å². The highest BCUT2D eigenvalue weighted by molar-refractivity contribution is 9.09. The molecule has 2 heterocycles. The van der Waals surface area contributed by atoms with Gasteiger partial charge in [0.15, 0.2) is 0 Å². The lowest BCUT2D eigenvalue weighted by Gasteiger charge is -2.34. The molecule has 0 aromatic carbocycles.